The van der Waals surface area contributed by atoms with Crippen molar-refractivity contribution < 1.29 is 4.74 Å². The maximum atomic E-state index is 11.9. The minimum Gasteiger partial charge on any atom is -0.492 e. The molecule has 0 spiro atoms. The van der Waals surface area contributed by atoms with Gasteiger partial charge in [-0.2, -0.15) is 5.10 Å². The highest BCUT2D eigenvalue weighted by atomic mass is 32.2. The number of aromatic nitrogens is 2. The second kappa shape index (κ2) is 8.49. The Hall–Kier alpha value is -1.79. The lowest BCUT2D eigenvalue weighted by atomic mass is 10.4. The third kappa shape index (κ3) is 5.24. The molecule has 1 aromatic heterocycles. The van der Waals surface area contributed by atoms with E-state index >= 15 is 0 Å². The van der Waals surface area contributed by atoms with Crippen molar-refractivity contribution in [2.24, 2.45) is 5.73 Å². The van der Waals surface area contributed by atoms with E-state index in [0.29, 0.717) is 25.4 Å². The van der Waals surface area contributed by atoms with Crippen molar-refractivity contribution in [1.82, 2.24) is 9.78 Å². The van der Waals surface area contributed by atoms with Crippen molar-refractivity contribution in [3.63, 3.8) is 0 Å². The zero-order chi connectivity index (χ0) is 14.9. The van der Waals surface area contributed by atoms with Gasteiger partial charge in [0.1, 0.15) is 5.75 Å². The normalized spacial score (nSPS) is 10.5. The lowest BCUT2D eigenvalue weighted by molar-refractivity contribution is 0.309. The average Bonchev–Trinajstić information content (AvgIpc) is 2.51. The van der Waals surface area contributed by atoms with E-state index in [0.717, 1.165) is 12.2 Å². The Balaban J connectivity index is 1.85. The molecular formula is C15H19N3O2S. The lowest BCUT2D eigenvalue weighted by Gasteiger charge is -2.07. The molecule has 0 saturated carbocycles. The van der Waals surface area contributed by atoms with Crippen LogP contribution in [0.2, 0.25) is 0 Å². The summed E-state index contributed by atoms with van der Waals surface area (Å²) in [6.07, 6.45) is 2.34. The van der Waals surface area contributed by atoms with Crippen LogP contribution in [0.4, 0.5) is 0 Å². The van der Waals surface area contributed by atoms with Crippen LogP contribution < -0.4 is 16.0 Å². The first-order valence-corrected chi connectivity index (χ1v) is 7.86. The first-order valence-electron chi connectivity index (χ1n) is 6.87. The predicted octanol–water partition coefficient (Wildman–Crippen LogP) is 1.76. The largest absolute Gasteiger partial charge is 0.492 e. The molecule has 6 heteroatoms. The SMILES string of the molecule is NCCCOc1cnn(CCSc2ccccc2)c(=O)c1. The monoisotopic (exact) mass is 305 g/mol. The molecule has 0 aliphatic heterocycles. The van der Waals surface area contributed by atoms with Gasteiger partial charge in [-0.1, -0.05) is 18.2 Å². The van der Waals surface area contributed by atoms with Gasteiger partial charge in [0.2, 0.25) is 0 Å². The number of hydrogen-bond donors (Lipinski definition) is 1. The fourth-order valence-electron chi connectivity index (χ4n) is 1.70. The fourth-order valence-corrected chi connectivity index (χ4v) is 2.55. The van der Waals surface area contributed by atoms with Gasteiger partial charge in [-0.25, -0.2) is 4.68 Å². The van der Waals surface area contributed by atoms with E-state index in [-0.39, 0.29) is 5.56 Å². The highest BCUT2D eigenvalue weighted by Gasteiger charge is 2.01. The van der Waals surface area contributed by atoms with E-state index in [1.54, 1.807) is 18.0 Å². The summed E-state index contributed by atoms with van der Waals surface area (Å²) < 4.78 is 6.85. The summed E-state index contributed by atoms with van der Waals surface area (Å²) in [5.41, 5.74) is 5.24. The molecule has 0 fully saturated rings. The van der Waals surface area contributed by atoms with Gasteiger partial charge in [0.25, 0.3) is 5.56 Å². The van der Waals surface area contributed by atoms with Crippen LogP contribution in [-0.4, -0.2) is 28.7 Å². The first kappa shape index (κ1) is 15.6. The molecule has 0 saturated heterocycles. The Morgan fingerprint density at radius 3 is 2.81 bits per heavy atom. The Morgan fingerprint density at radius 1 is 1.29 bits per heavy atom. The quantitative estimate of drug-likeness (QED) is 0.594. The van der Waals surface area contributed by atoms with E-state index in [1.165, 1.54) is 15.6 Å². The van der Waals surface area contributed by atoms with Crippen molar-refractivity contribution in [3.05, 3.63) is 52.9 Å². The minimum absolute atomic E-state index is 0.145. The average molecular weight is 305 g/mol. The van der Waals surface area contributed by atoms with Crippen molar-refractivity contribution in [1.29, 1.82) is 0 Å². The molecule has 0 aliphatic carbocycles. The van der Waals surface area contributed by atoms with Crippen LogP contribution in [0.1, 0.15) is 6.42 Å². The number of hydrogen-bond acceptors (Lipinski definition) is 5. The molecule has 112 valence electrons. The van der Waals surface area contributed by atoms with Gasteiger partial charge in [-0.05, 0) is 25.1 Å². The zero-order valence-corrected chi connectivity index (χ0v) is 12.6. The Morgan fingerprint density at radius 2 is 2.10 bits per heavy atom. The summed E-state index contributed by atoms with van der Waals surface area (Å²) in [5, 5.41) is 4.12. The summed E-state index contributed by atoms with van der Waals surface area (Å²) in [6, 6.07) is 11.6. The number of ether oxygens (including phenoxy) is 1. The van der Waals surface area contributed by atoms with Crippen molar-refractivity contribution in [2.45, 2.75) is 17.9 Å². The molecule has 0 bridgehead atoms. The topological polar surface area (TPSA) is 70.1 Å². The number of aryl methyl sites for hydroxylation is 1. The van der Waals surface area contributed by atoms with E-state index in [4.69, 9.17) is 10.5 Å². The molecule has 0 unspecified atom stereocenters. The maximum Gasteiger partial charge on any atom is 0.270 e. The predicted molar refractivity (Wildman–Crippen MR) is 84.8 cm³/mol. The molecule has 0 aliphatic rings. The Bertz CT molecular complexity index is 601. The third-order valence-electron chi connectivity index (χ3n) is 2.78. The van der Waals surface area contributed by atoms with Crippen molar-refractivity contribution in [2.75, 3.05) is 18.9 Å². The van der Waals surface area contributed by atoms with Gasteiger partial charge in [0.05, 0.1) is 19.3 Å². The van der Waals surface area contributed by atoms with Gasteiger partial charge in [-0.3, -0.25) is 4.79 Å². The standard InChI is InChI=1S/C15H19N3O2S/c16-7-4-9-20-13-11-15(19)18(17-12-13)8-10-21-14-5-2-1-3-6-14/h1-3,5-6,11-12H,4,7-10,16H2. The van der Waals surface area contributed by atoms with Crippen LogP contribution in [0.5, 0.6) is 5.75 Å². The van der Waals surface area contributed by atoms with E-state index < -0.39 is 0 Å². The molecule has 0 radical (unpaired) electrons. The molecule has 1 heterocycles. The van der Waals surface area contributed by atoms with Crippen LogP contribution in [0.3, 0.4) is 0 Å². The van der Waals surface area contributed by atoms with Crippen LogP contribution in [0.25, 0.3) is 0 Å². The molecule has 21 heavy (non-hydrogen) atoms. The second-order valence-corrected chi connectivity index (χ2v) is 5.57. The number of benzene rings is 1. The number of rotatable bonds is 8. The summed E-state index contributed by atoms with van der Waals surface area (Å²) >= 11 is 1.70. The van der Waals surface area contributed by atoms with Gasteiger partial charge < -0.3 is 10.5 Å². The molecule has 2 N–H and O–H groups in total. The van der Waals surface area contributed by atoms with Crippen LogP contribution in [0, 0.1) is 0 Å². The third-order valence-corrected chi connectivity index (χ3v) is 3.77. The van der Waals surface area contributed by atoms with Gasteiger partial charge in [0.15, 0.2) is 0 Å². The minimum atomic E-state index is -0.145. The summed E-state index contributed by atoms with van der Waals surface area (Å²) in [7, 11) is 0. The molecule has 0 amide bonds. The Kier molecular flexibility index (Phi) is 6.30. The molecular weight excluding hydrogens is 286 g/mol. The molecule has 1 aromatic carbocycles. The highest BCUT2D eigenvalue weighted by molar-refractivity contribution is 7.99. The smallest absolute Gasteiger partial charge is 0.270 e. The van der Waals surface area contributed by atoms with Gasteiger partial charge in [0, 0.05) is 16.7 Å². The maximum absolute atomic E-state index is 11.9. The van der Waals surface area contributed by atoms with Crippen LogP contribution >= 0.6 is 11.8 Å². The summed E-state index contributed by atoms with van der Waals surface area (Å²) in [6.45, 7) is 1.65. The second-order valence-electron chi connectivity index (χ2n) is 4.40. The molecule has 0 atom stereocenters. The number of thioether (sulfide) groups is 1. The number of nitrogens with two attached hydrogens (primary N) is 1. The van der Waals surface area contributed by atoms with Crippen LogP contribution in [0.15, 0.2) is 52.3 Å². The summed E-state index contributed by atoms with van der Waals surface area (Å²) in [5.74, 6) is 1.30. The van der Waals surface area contributed by atoms with Crippen molar-refractivity contribution in [3.8, 4) is 5.75 Å². The summed E-state index contributed by atoms with van der Waals surface area (Å²) in [4.78, 5) is 13.1. The van der Waals surface area contributed by atoms with E-state index in [9.17, 15) is 4.79 Å². The van der Waals surface area contributed by atoms with Crippen LogP contribution in [-0.2, 0) is 6.54 Å². The molecule has 2 rings (SSSR count). The molecule has 5 nitrogen and oxygen atoms in total. The van der Waals surface area contributed by atoms with E-state index in [1.807, 2.05) is 18.2 Å². The fraction of sp³-hybridized carbons (Fsp3) is 0.333. The lowest BCUT2D eigenvalue weighted by Crippen LogP contribution is -2.23. The highest BCUT2D eigenvalue weighted by Crippen LogP contribution is 2.16. The van der Waals surface area contributed by atoms with Gasteiger partial charge in [-0.15, -0.1) is 11.8 Å². The van der Waals surface area contributed by atoms with Crippen molar-refractivity contribution >= 4 is 11.8 Å². The van der Waals surface area contributed by atoms with Gasteiger partial charge >= 0.3 is 0 Å². The first-order chi connectivity index (χ1) is 10.3. The Labute approximate surface area is 128 Å². The van der Waals surface area contributed by atoms with E-state index in [2.05, 4.69) is 17.2 Å². The zero-order valence-electron chi connectivity index (χ0n) is 11.8. The number of nitrogens with zero attached hydrogens (tertiary/aromatic N) is 2. The molecule has 2 aromatic rings.